The SMILES string of the molecule is CC(=O)SCCCCCCc1ccccc1-c1ccccc1. The maximum Gasteiger partial charge on any atom is 0.185 e. The van der Waals surface area contributed by atoms with Crippen molar-refractivity contribution in [3.8, 4) is 11.1 Å². The molecular weight excluding hydrogens is 288 g/mol. The topological polar surface area (TPSA) is 17.1 Å². The van der Waals surface area contributed by atoms with Crippen LogP contribution in [0.15, 0.2) is 54.6 Å². The Morgan fingerprint density at radius 2 is 1.55 bits per heavy atom. The highest BCUT2D eigenvalue weighted by molar-refractivity contribution is 8.13. The van der Waals surface area contributed by atoms with Crippen LogP contribution in [0, 0.1) is 0 Å². The number of carbonyl (C=O) groups excluding carboxylic acids is 1. The average molecular weight is 312 g/mol. The summed E-state index contributed by atoms with van der Waals surface area (Å²) in [6, 6.07) is 19.3. The Hall–Kier alpha value is -1.54. The molecule has 0 aromatic heterocycles. The van der Waals surface area contributed by atoms with E-state index in [9.17, 15) is 4.79 Å². The van der Waals surface area contributed by atoms with Crippen LogP contribution in [-0.4, -0.2) is 10.9 Å². The zero-order valence-electron chi connectivity index (χ0n) is 13.3. The molecule has 0 heterocycles. The third-order valence-corrected chi connectivity index (χ3v) is 4.65. The van der Waals surface area contributed by atoms with E-state index in [1.54, 1.807) is 6.92 Å². The largest absolute Gasteiger partial charge is 0.288 e. The zero-order chi connectivity index (χ0) is 15.6. The van der Waals surface area contributed by atoms with Crippen LogP contribution < -0.4 is 0 Å². The highest BCUT2D eigenvalue weighted by Crippen LogP contribution is 2.25. The number of hydrogen-bond donors (Lipinski definition) is 0. The molecule has 22 heavy (non-hydrogen) atoms. The van der Waals surface area contributed by atoms with E-state index in [1.807, 2.05) is 0 Å². The smallest absolute Gasteiger partial charge is 0.185 e. The van der Waals surface area contributed by atoms with E-state index in [4.69, 9.17) is 0 Å². The van der Waals surface area contributed by atoms with Crippen molar-refractivity contribution in [2.75, 3.05) is 5.75 Å². The van der Waals surface area contributed by atoms with Gasteiger partial charge in [0.15, 0.2) is 5.12 Å². The Labute approximate surface area is 138 Å². The van der Waals surface area contributed by atoms with Gasteiger partial charge in [0.25, 0.3) is 0 Å². The molecule has 0 saturated carbocycles. The molecule has 0 aliphatic carbocycles. The fourth-order valence-corrected chi connectivity index (χ4v) is 3.26. The average Bonchev–Trinajstić information content (AvgIpc) is 2.55. The van der Waals surface area contributed by atoms with Crippen LogP contribution in [0.4, 0.5) is 0 Å². The number of benzene rings is 2. The zero-order valence-corrected chi connectivity index (χ0v) is 14.1. The maximum atomic E-state index is 10.9. The van der Waals surface area contributed by atoms with Gasteiger partial charge in [-0.25, -0.2) is 0 Å². The first kappa shape index (κ1) is 16.8. The van der Waals surface area contributed by atoms with Crippen LogP contribution in [0.2, 0.25) is 0 Å². The van der Waals surface area contributed by atoms with E-state index < -0.39 is 0 Å². The summed E-state index contributed by atoms with van der Waals surface area (Å²) in [7, 11) is 0. The molecular formula is C20H24OS. The maximum absolute atomic E-state index is 10.9. The summed E-state index contributed by atoms with van der Waals surface area (Å²) in [4.78, 5) is 10.9. The van der Waals surface area contributed by atoms with Crippen molar-refractivity contribution < 1.29 is 4.79 Å². The number of thioether (sulfide) groups is 1. The molecule has 1 nitrogen and oxygen atoms in total. The molecule has 0 aliphatic rings. The van der Waals surface area contributed by atoms with Gasteiger partial charge in [-0.2, -0.15) is 0 Å². The molecule has 0 saturated heterocycles. The monoisotopic (exact) mass is 312 g/mol. The van der Waals surface area contributed by atoms with Gasteiger partial charge < -0.3 is 0 Å². The van der Waals surface area contributed by atoms with Crippen LogP contribution in [-0.2, 0) is 11.2 Å². The Balaban J connectivity index is 1.80. The molecule has 0 N–H and O–H groups in total. The van der Waals surface area contributed by atoms with Crippen LogP contribution in [0.5, 0.6) is 0 Å². The fourth-order valence-electron chi connectivity index (χ4n) is 2.62. The van der Waals surface area contributed by atoms with E-state index in [-0.39, 0.29) is 5.12 Å². The highest BCUT2D eigenvalue weighted by atomic mass is 32.2. The first-order valence-corrected chi connectivity index (χ1v) is 9.02. The summed E-state index contributed by atoms with van der Waals surface area (Å²) in [6.45, 7) is 1.64. The van der Waals surface area contributed by atoms with E-state index in [1.165, 1.54) is 47.7 Å². The van der Waals surface area contributed by atoms with Crippen molar-refractivity contribution in [2.24, 2.45) is 0 Å². The van der Waals surface area contributed by atoms with Crippen LogP contribution in [0.25, 0.3) is 11.1 Å². The molecule has 0 unspecified atom stereocenters. The third-order valence-electron chi connectivity index (χ3n) is 3.75. The summed E-state index contributed by atoms with van der Waals surface area (Å²) < 4.78 is 0. The first-order valence-electron chi connectivity index (χ1n) is 8.04. The van der Waals surface area contributed by atoms with Crippen molar-refractivity contribution in [2.45, 2.75) is 39.0 Å². The summed E-state index contributed by atoms with van der Waals surface area (Å²) in [5.74, 6) is 0.968. The third kappa shape index (κ3) is 5.69. The Morgan fingerprint density at radius 3 is 2.32 bits per heavy atom. The van der Waals surface area contributed by atoms with Crippen molar-refractivity contribution in [3.05, 3.63) is 60.2 Å². The van der Waals surface area contributed by atoms with Crippen LogP contribution in [0.3, 0.4) is 0 Å². The quantitative estimate of drug-likeness (QED) is 0.578. The van der Waals surface area contributed by atoms with Crippen molar-refractivity contribution in [1.82, 2.24) is 0 Å². The molecule has 0 bridgehead atoms. The lowest BCUT2D eigenvalue weighted by Crippen LogP contribution is -1.91. The lowest BCUT2D eigenvalue weighted by molar-refractivity contribution is -0.109. The molecule has 2 aromatic carbocycles. The molecule has 2 aromatic rings. The van der Waals surface area contributed by atoms with Crippen molar-refractivity contribution in [1.29, 1.82) is 0 Å². The number of aryl methyl sites for hydroxylation is 1. The lowest BCUT2D eigenvalue weighted by Gasteiger charge is -2.09. The number of hydrogen-bond acceptors (Lipinski definition) is 2. The summed E-state index contributed by atoms with van der Waals surface area (Å²) in [5, 5.41) is 0.233. The second kappa shape index (κ2) is 9.47. The van der Waals surface area contributed by atoms with Gasteiger partial charge in [-0.15, -0.1) is 0 Å². The van der Waals surface area contributed by atoms with Crippen LogP contribution in [0.1, 0.15) is 38.2 Å². The Bertz CT molecular complexity index is 577. The summed E-state index contributed by atoms with van der Waals surface area (Å²) >= 11 is 1.45. The summed E-state index contributed by atoms with van der Waals surface area (Å²) in [5.41, 5.74) is 4.10. The Kier molecular flexibility index (Phi) is 7.24. The van der Waals surface area contributed by atoms with Gasteiger partial charge in [0.2, 0.25) is 0 Å². The lowest BCUT2D eigenvalue weighted by atomic mass is 9.96. The molecule has 0 atom stereocenters. The molecule has 2 heteroatoms. The van der Waals surface area contributed by atoms with Gasteiger partial charge in [-0.1, -0.05) is 79.2 Å². The molecule has 2 rings (SSSR count). The van der Waals surface area contributed by atoms with Crippen LogP contribution >= 0.6 is 11.8 Å². The predicted molar refractivity (Wildman–Crippen MR) is 97.2 cm³/mol. The minimum Gasteiger partial charge on any atom is -0.288 e. The molecule has 0 radical (unpaired) electrons. The molecule has 116 valence electrons. The second-order valence-electron chi connectivity index (χ2n) is 5.53. The van der Waals surface area contributed by atoms with E-state index in [0.29, 0.717) is 0 Å². The molecule has 0 amide bonds. The number of carbonyl (C=O) groups is 1. The molecule has 0 spiro atoms. The fraction of sp³-hybridized carbons (Fsp3) is 0.350. The minimum absolute atomic E-state index is 0.233. The summed E-state index contributed by atoms with van der Waals surface area (Å²) in [6.07, 6.45) is 5.94. The van der Waals surface area contributed by atoms with E-state index >= 15 is 0 Å². The van der Waals surface area contributed by atoms with Gasteiger partial charge in [0.1, 0.15) is 0 Å². The Morgan fingerprint density at radius 1 is 0.864 bits per heavy atom. The standard InChI is InChI=1S/C20H24OS/c1-17(21)22-16-10-3-2-5-11-19-14-8-9-15-20(19)18-12-6-4-7-13-18/h4,6-9,12-15H,2-3,5,10-11,16H2,1H3. The molecule has 0 fully saturated rings. The molecule has 0 aliphatic heterocycles. The van der Waals surface area contributed by atoms with Gasteiger partial charge in [0.05, 0.1) is 0 Å². The van der Waals surface area contributed by atoms with Crippen molar-refractivity contribution >= 4 is 16.9 Å². The number of unbranched alkanes of at least 4 members (excludes halogenated alkanes) is 3. The van der Waals surface area contributed by atoms with Gasteiger partial charge in [-0.05, 0) is 36.0 Å². The minimum atomic E-state index is 0.233. The number of rotatable bonds is 8. The van der Waals surface area contributed by atoms with E-state index in [0.717, 1.165) is 18.6 Å². The first-order chi connectivity index (χ1) is 10.8. The van der Waals surface area contributed by atoms with Gasteiger partial charge in [-0.3, -0.25) is 4.79 Å². The normalized spacial score (nSPS) is 10.6. The van der Waals surface area contributed by atoms with Gasteiger partial charge >= 0.3 is 0 Å². The van der Waals surface area contributed by atoms with Gasteiger partial charge in [0, 0.05) is 12.7 Å². The second-order valence-corrected chi connectivity index (χ2v) is 6.80. The van der Waals surface area contributed by atoms with Crippen molar-refractivity contribution in [3.63, 3.8) is 0 Å². The highest BCUT2D eigenvalue weighted by Gasteiger charge is 2.04. The van der Waals surface area contributed by atoms with E-state index in [2.05, 4.69) is 54.6 Å². The predicted octanol–water partition coefficient (Wildman–Crippen LogP) is 5.74.